The van der Waals surface area contributed by atoms with Crippen LogP contribution in [-0.2, 0) is 6.54 Å². The molecule has 20 heavy (non-hydrogen) atoms. The Morgan fingerprint density at radius 1 is 1.10 bits per heavy atom. The molecular formula is C15H15FN2OS. The fourth-order valence-corrected chi connectivity index (χ4v) is 1.82. The molecule has 5 heteroatoms. The topological polar surface area (TPSA) is 33.3 Å². The van der Waals surface area contributed by atoms with Gasteiger partial charge in [0, 0.05) is 12.2 Å². The molecule has 2 N–H and O–H groups in total. The summed E-state index contributed by atoms with van der Waals surface area (Å²) in [6.45, 7) is 0.608. The molecule has 0 aliphatic heterocycles. The van der Waals surface area contributed by atoms with E-state index in [4.69, 9.17) is 17.0 Å². The number of nitrogens with one attached hydrogen (secondary N) is 2. The summed E-state index contributed by atoms with van der Waals surface area (Å²) in [6.07, 6.45) is 0. The highest BCUT2D eigenvalue weighted by Gasteiger charge is 1.99. The highest BCUT2D eigenvalue weighted by Crippen LogP contribution is 2.11. The quantitative estimate of drug-likeness (QED) is 0.846. The third-order valence-corrected chi connectivity index (χ3v) is 2.96. The molecule has 0 heterocycles. The SMILES string of the molecule is COc1ccc(CNC(=S)Nc2ccc(F)cc2)cc1. The maximum absolute atomic E-state index is 12.8. The standard InChI is InChI=1S/C15H15FN2OS/c1-19-14-8-2-11(3-9-14)10-17-15(20)18-13-6-4-12(16)5-7-13/h2-9H,10H2,1H3,(H2,17,18,20). The van der Waals surface area contributed by atoms with Crippen molar-refractivity contribution in [1.29, 1.82) is 0 Å². The molecule has 0 saturated carbocycles. The number of thiocarbonyl (C=S) groups is 1. The van der Waals surface area contributed by atoms with Crippen LogP contribution in [0.1, 0.15) is 5.56 Å². The lowest BCUT2D eigenvalue weighted by Crippen LogP contribution is -2.27. The lowest BCUT2D eigenvalue weighted by Gasteiger charge is -2.10. The number of halogens is 1. The average molecular weight is 290 g/mol. The summed E-state index contributed by atoms with van der Waals surface area (Å²) in [4.78, 5) is 0. The van der Waals surface area contributed by atoms with Crippen molar-refractivity contribution in [3.8, 4) is 5.75 Å². The van der Waals surface area contributed by atoms with Crippen molar-refractivity contribution in [2.24, 2.45) is 0 Å². The van der Waals surface area contributed by atoms with Crippen LogP contribution in [0.4, 0.5) is 10.1 Å². The molecular weight excluding hydrogens is 275 g/mol. The second-order valence-corrected chi connectivity index (χ2v) is 4.57. The van der Waals surface area contributed by atoms with Gasteiger partial charge < -0.3 is 15.4 Å². The third kappa shape index (κ3) is 4.20. The zero-order valence-corrected chi connectivity index (χ0v) is 11.8. The summed E-state index contributed by atoms with van der Waals surface area (Å²) < 4.78 is 17.9. The van der Waals surface area contributed by atoms with E-state index in [0.717, 1.165) is 17.0 Å². The van der Waals surface area contributed by atoms with Gasteiger partial charge in [-0.25, -0.2) is 4.39 Å². The van der Waals surface area contributed by atoms with Crippen LogP contribution in [0.5, 0.6) is 5.75 Å². The molecule has 2 rings (SSSR count). The summed E-state index contributed by atoms with van der Waals surface area (Å²) in [7, 11) is 1.63. The number of benzene rings is 2. The average Bonchev–Trinajstić information content (AvgIpc) is 2.48. The van der Waals surface area contributed by atoms with Gasteiger partial charge >= 0.3 is 0 Å². The minimum Gasteiger partial charge on any atom is -0.497 e. The number of methoxy groups -OCH3 is 1. The Morgan fingerprint density at radius 2 is 1.75 bits per heavy atom. The summed E-state index contributed by atoms with van der Waals surface area (Å²) in [6, 6.07) is 13.8. The molecule has 0 fully saturated rings. The maximum Gasteiger partial charge on any atom is 0.171 e. The van der Waals surface area contributed by atoms with Gasteiger partial charge in [-0.2, -0.15) is 0 Å². The number of rotatable bonds is 4. The van der Waals surface area contributed by atoms with Crippen LogP contribution in [0, 0.1) is 5.82 Å². The molecule has 0 spiro atoms. The zero-order valence-electron chi connectivity index (χ0n) is 11.0. The molecule has 0 saturated heterocycles. The Bertz CT molecular complexity index is 569. The van der Waals surface area contributed by atoms with E-state index in [1.54, 1.807) is 19.2 Å². The van der Waals surface area contributed by atoms with Crippen molar-refractivity contribution in [3.63, 3.8) is 0 Å². The lowest BCUT2D eigenvalue weighted by atomic mass is 10.2. The van der Waals surface area contributed by atoms with E-state index < -0.39 is 0 Å². The molecule has 104 valence electrons. The van der Waals surface area contributed by atoms with E-state index in [1.807, 2.05) is 24.3 Å². The number of ether oxygens (including phenoxy) is 1. The van der Waals surface area contributed by atoms with E-state index in [0.29, 0.717) is 11.7 Å². The lowest BCUT2D eigenvalue weighted by molar-refractivity contribution is 0.414. The summed E-state index contributed by atoms with van der Waals surface area (Å²) >= 11 is 5.18. The smallest absolute Gasteiger partial charge is 0.171 e. The molecule has 2 aromatic carbocycles. The van der Waals surface area contributed by atoms with Crippen LogP contribution in [0.2, 0.25) is 0 Å². The molecule has 0 amide bonds. The van der Waals surface area contributed by atoms with E-state index in [9.17, 15) is 4.39 Å². The molecule has 0 unspecified atom stereocenters. The second kappa shape index (κ2) is 6.86. The fourth-order valence-electron chi connectivity index (χ4n) is 1.63. The van der Waals surface area contributed by atoms with Crippen molar-refractivity contribution in [2.75, 3.05) is 12.4 Å². The van der Waals surface area contributed by atoms with Crippen LogP contribution in [0.25, 0.3) is 0 Å². The van der Waals surface area contributed by atoms with Crippen molar-refractivity contribution in [3.05, 3.63) is 59.9 Å². The van der Waals surface area contributed by atoms with Gasteiger partial charge in [0.1, 0.15) is 11.6 Å². The van der Waals surface area contributed by atoms with Gasteiger partial charge in [-0.15, -0.1) is 0 Å². The molecule has 3 nitrogen and oxygen atoms in total. The largest absolute Gasteiger partial charge is 0.497 e. The van der Waals surface area contributed by atoms with Crippen LogP contribution in [-0.4, -0.2) is 12.2 Å². The second-order valence-electron chi connectivity index (χ2n) is 4.16. The minimum absolute atomic E-state index is 0.271. The highest BCUT2D eigenvalue weighted by molar-refractivity contribution is 7.80. The van der Waals surface area contributed by atoms with Gasteiger partial charge in [0.15, 0.2) is 5.11 Å². The summed E-state index contributed by atoms with van der Waals surface area (Å²) in [5.74, 6) is 0.549. The Kier molecular flexibility index (Phi) is 4.90. The van der Waals surface area contributed by atoms with Gasteiger partial charge in [-0.1, -0.05) is 12.1 Å². The van der Waals surface area contributed by atoms with E-state index in [1.165, 1.54) is 12.1 Å². The van der Waals surface area contributed by atoms with Crippen LogP contribution >= 0.6 is 12.2 Å². The monoisotopic (exact) mass is 290 g/mol. The van der Waals surface area contributed by atoms with Gasteiger partial charge in [0.05, 0.1) is 7.11 Å². The fraction of sp³-hybridized carbons (Fsp3) is 0.133. The summed E-state index contributed by atoms with van der Waals surface area (Å²) in [5.41, 5.74) is 1.84. The normalized spacial score (nSPS) is 9.90. The van der Waals surface area contributed by atoms with Gasteiger partial charge in [-0.05, 0) is 54.2 Å². The molecule has 0 bridgehead atoms. The minimum atomic E-state index is -0.271. The Balaban J connectivity index is 1.83. The van der Waals surface area contributed by atoms with Crippen molar-refractivity contribution in [2.45, 2.75) is 6.54 Å². The van der Waals surface area contributed by atoms with Crippen LogP contribution in [0.3, 0.4) is 0 Å². The molecule has 0 aliphatic rings. The van der Waals surface area contributed by atoms with E-state index >= 15 is 0 Å². The number of hydrogen-bond acceptors (Lipinski definition) is 2. The Hall–Kier alpha value is -2.14. The predicted octanol–water partition coefficient (Wildman–Crippen LogP) is 3.32. The molecule has 0 aliphatic carbocycles. The van der Waals surface area contributed by atoms with Crippen molar-refractivity contribution in [1.82, 2.24) is 5.32 Å². The first-order valence-corrected chi connectivity index (χ1v) is 6.51. The maximum atomic E-state index is 12.8. The summed E-state index contributed by atoms with van der Waals surface area (Å²) in [5, 5.41) is 6.57. The van der Waals surface area contributed by atoms with E-state index in [-0.39, 0.29) is 5.82 Å². The van der Waals surface area contributed by atoms with E-state index in [2.05, 4.69) is 10.6 Å². The van der Waals surface area contributed by atoms with Crippen LogP contribution in [0.15, 0.2) is 48.5 Å². The molecule has 2 aromatic rings. The van der Waals surface area contributed by atoms with Crippen molar-refractivity contribution >= 4 is 23.0 Å². The first-order valence-electron chi connectivity index (χ1n) is 6.11. The molecule has 0 radical (unpaired) electrons. The first kappa shape index (κ1) is 14.3. The highest BCUT2D eigenvalue weighted by atomic mass is 32.1. The number of anilines is 1. The molecule has 0 atom stereocenters. The van der Waals surface area contributed by atoms with Crippen molar-refractivity contribution < 1.29 is 9.13 Å². The number of hydrogen-bond donors (Lipinski definition) is 2. The Labute approximate surface area is 122 Å². The van der Waals surface area contributed by atoms with Gasteiger partial charge in [0.2, 0.25) is 0 Å². The zero-order chi connectivity index (χ0) is 14.4. The Morgan fingerprint density at radius 3 is 2.35 bits per heavy atom. The van der Waals surface area contributed by atoms with Crippen LogP contribution < -0.4 is 15.4 Å². The molecule has 0 aromatic heterocycles. The third-order valence-electron chi connectivity index (χ3n) is 2.71. The predicted molar refractivity (Wildman–Crippen MR) is 82.5 cm³/mol. The van der Waals surface area contributed by atoms with Gasteiger partial charge in [0.25, 0.3) is 0 Å². The first-order chi connectivity index (χ1) is 9.67. The van der Waals surface area contributed by atoms with Gasteiger partial charge in [-0.3, -0.25) is 0 Å².